The molecule has 2 N–H and O–H groups in total. The van der Waals surface area contributed by atoms with Crippen molar-refractivity contribution in [2.24, 2.45) is 0 Å². The number of aromatic nitrogens is 4. The number of fused-ring (bicyclic) bond motifs is 1. The van der Waals surface area contributed by atoms with Crippen LogP contribution in [0.15, 0.2) is 54.3 Å². The van der Waals surface area contributed by atoms with Gasteiger partial charge in [-0.3, -0.25) is 9.78 Å². The van der Waals surface area contributed by atoms with Crippen molar-refractivity contribution in [1.82, 2.24) is 30.2 Å². The quantitative estimate of drug-likeness (QED) is 0.472. The molecule has 0 aromatic carbocycles. The Balaban J connectivity index is 0.00000119. The molecule has 1 aliphatic heterocycles. The maximum Gasteiger partial charge on any atom is 0.251 e. The molecular weight excluding hydrogens is 420 g/mol. The molecule has 4 aromatic heterocycles. The van der Waals surface area contributed by atoms with E-state index in [0.29, 0.717) is 17.3 Å². The number of carbonyl (C=O) groups is 1. The Bertz CT molecular complexity index is 1180. The molecule has 1 amide bonds. The van der Waals surface area contributed by atoms with E-state index in [1.54, 1.807) is 40.4 Å². The number of thiophene rings is 1. The highest BCUT2D eigenvalue weighted by Gasteiger charge is 2.23. The number of hydrogen-bond acceptors (Lipinski definition) is 6. The van der Waals surface area contributed by atoms with Gasteiger partial charge in [0, 0.05) is 30.0 Å². The predicted molar refractivity (Wildman–Crippen MR) is 129 cm³/mol. The fourth-order valence-electron chi connectivity index (χ4n) is 3.86. The van der Waals surface area contributed by atoms with Crippen LogP contribution in [0.5, 0.6) is 0 Å². The topological polar surface area (TPSA) is 84.2 Å². The monoisotopic (exact) mass is 448 g/mol. The van der Waals surface area contributed by atoms with E-state index in [9.17, 15) is 4.79 Å². The highest BCUT2D eigenvalue weighted by molar-refractivity contribution is 7.13. The zero-order chi connectivity index (χ0) is 22.5. The van der Waals surface area contributed by atoms with Crippen LogP contribution in [-0.4, -0.2) is 44.1 Å². The molecule has 1 fully saturated rings. The van der Waals surface area contributed by atoms with Gasteiger partial charge in [-0.1, -0.05) is 19.9 Å². The maximum atomic E-state index is 12.8. The lowest BCUT2D eigenvalue weighted by molar-refractivity contribution is 0.0933. The molecule has 2 atom stereocenters. The van der Waals surface area contributed by atoms with Gasteiger partial charge in [-0.15, -0.1) is 11.3 Å². The number of nitrogens with one attached hydrogen (secondary N) is 2. The van der Waals surface area contributed by atoms with Gasteiger partial charge >= 0.3 is 0 Å². The average molecular weight is 449 g/mol. The second-order valence-corrected chi connectivity index (χ2v) is 8.46. The standard InChI is InChI=1S/C22H22N6OS.C2H6/c1-14(17-4-2-8-23-17)26-22(29)15-6-9-24-19(12-15)16-13-25-28-10-7-18(27-21(16)28)20-5-3-11-30-20;1-2/h3,5-7,9-14,17,23H,2,4,8H2,1H3,(H,26,29);1-2H3/t14-,17?;/m1./s1. The molecule has 0 saturated carbocycles. The van der Waals surface area contributed by atoms with E-state index in [-0.39, 0.29) is 11.9 Å². The molecule has 0 spiro atoms. The van der Waals surface area contributed by atoms with Crippen molar-refractivity contribution < 1.29 is 4.79 Å². The van der Waals surface area contributed by atoms with Gasteiger partial charge in [0.05, 0.1) is 28.0 Å². The molecule has 4 aromatic rings. The Hall–Kier alpha value is -3.10. The second kappa shape index (κ2) is 10.0. The first-order chi connectivity index (χ1) is 15.7. The summed E-state index contributed by atoms with van der Waals surface area (Å²) in [4.78, 5) is 23.2. The summed E-state index contributed by atoms with van der Waals surface area (Å²) in [6.45, 7) is 7.06. The second-order valence-electron chi connectivity index (χ2n) is 7.51. The van der Waals surface area contributed by atoms with Crippen LogP contribution in [0.3, 0.4) is 0 Å². The van der Waals surface area contributed by atoms with Crippen molar-refractivity contribution in [2.45, 2.75) is 45.7 Å². The summed E-state index contributed by atoms with van der Waals surface area (Å²) in [5.41, 5.74) is 3.67. The van der Waals surface area contributed by atoms with E-state index in [2.05, 4.69) is 20.7 Å². The van der Waals surface area contributed by atoms with E-state index in [1.807, 2.05) is 50.5 Å². The highest BCUT2D eigenvalue weighted by Crippen LogP contribution is 2.27. The molecule has 5 heterocycles. The molecule has 8 heteroatoms. The van der Waals surface area contributed by atoms with E-state index in [4.69, 9.17) is 4.98 Å². The molecule has 1 aliphatic rings. The number of rotatable bonds is 5. The van der Waals surface area contributed by atoms with Crippen molar-refractivity contribution in [1.29, 1.82) is 0 Å². The summed E-state index contributed by atoms with van der Waals surface area (Å²) in [6.07, 6.45) is 7.54. The third-order valence-electron chi connectivity index (χ3n) is 5.50. The minimum atomic E-state index is -0.0939. The maximum absolute atomic E-state index is 12.8. The van der Waals surface area contributed by atoms with Crippen LogP contribution < -0.4 is 10.6 Å². The van der Waals surface area contributed by atoms with Crippen LogP contribution in [0.25, 0.3) is 27.5 Å². The minimum absolute atomic E-state index is 0.0728. The molecule has 1 unspecified atom stereocenters. The van der Waals surface area contributed by atoms with Crippen LogP contribution in [0.2, 0.25) is 0 Å². The first-order valence-electron chi connectivity index (χ1n) is 11.1. The summed E-state index contributed by atoms with van der Waals surface area (Å²) in [6, 6.07) is 9.95. The molecule has 5 rings (SSSR count). The Morgan fingerprint density at radius 1 is 1.28 bits per heavy atom. The van der Waals surface area contributed by atoms with E-state index >= 15 is 0 Å². The number of pyridine rings is 1. The van der Waals surface area contributed by atoms with Gasteiger partial charge in [-0.05, 0) is 56.0 Å². The summed E-state index contributed by atoms with van der Waals surface area (Å²) in [7, 11) is 0. The summed E-state index contributed by atoms with van der Waals surface area (Å²) < 4.78 is 1.73. The van der Waals surface area contributed by atoms with E-state index < -0.39 is 0 Å². The smallest absolute Gasteiger partial charge is 0.251 e. The van der Waals surface area contributed by atoms with E-state index in [1.165, 1.54) is 0 Å². The lowest BCUT2D eigenvalue weighted by atomic mass is 10.1. The number of hydrogen-bond donors (Lipinski definition) is 2. The molecule has 0 bridgehead atoms. The van der Waals surface area contributed by atoms with E-state index in [0.717, 1.165) is 41.2 Å². The van der Waals surface area contributed by atoms with Crippen LogP contribution in [0.1, 0.15) is 44.0 Å². The van der Waals surface area contributed by atoms with Crippen molar-refractivity contribution in [3.05, 3.63) is 59.9 Å². The predicted octanol–water partition coefficient (Wildman–Crippen LogP) is 4.42. The lowest BCUT2D eigenvalue weighted by Crippen LogP contribution is -2.45. The van der Waals surface area contributed by atoms with Crippen LogP contribution >= 0.6 is 11.3 Å². The van der Waals surface area contributed by atoms with Gasteiger partial charge in [-0.2, -0.15) is 5.10 Å². The van der Waals surface area contributed by atoms with Gasteiger partial charge < -0.3 is 10.6 Å². The third-order valence-corrected chi connectivity index (χ3v) is 6.39. The first-order valence-corrected chi connectivity index (χ1v) is 12.0. The Morgan fingerprint density at radius 3 is 2.91 bits per heavy atom. The largest absolute Gasteiger partial charge is 0.348 e. The Morgan fingerprint density at radius 2 is 2.16 bits per heavy atom. The van der Waals surface area contributed by atoms with Crippen LogP contribution in [0.4, 0.5) is 0 Å². The van der Waals surface area contributed by atoms with Gasteiger partial charge in [0.15, 0.2) is 5.65 Å². The molecule has 1 saturated heterocycles. The lowest BCUT2D eigenvalue weighted by Gasteiger charge is -2.20. The summed E-state index contributed by atoms with van der Waals surface area (Å²) in [5.74, 6) is -0.0939. The van der Waals surface area contributed by atoms with Crippen LogP contribution in [-0.2, 0) is 0 Å². The fraction of sp³-hybridized carbons (Fsp3) is 0.333. The SMILES string of the molecule is CC.C[C@@H](NC(=O)c1ccnc(-c2cnn3ccc(-c4cccs4)nc23)c1)C1CCCN1. The van der Waals surface area contributed by atoms with Crippen molar-refractivity contribution in [3.8, 4) is 21.8 Å². The minimum Gasteiger partial charge on any atom is -0.348 e. The van der Waals surface area contributed by atoms with Crippen molar-refractivity contribution in [3.63, 3.8) is 0 Å². The van der Waals surface area contributed by atoms with Gasteiger partial charge in [0.1, 0.15) is 0 Å². The molecule has 0 aliphatic carbocycles. The molecular formula is C24H28N6OS. The normalized spacial score (nSPS) is 16.4. The van der Waals surface area contributed by atoms with Crippen LogP contribution in [0, 0.1) is 0 Å². The number of amides is 1. The fourth-order valence-corrected chi connectivity index (χ4v) is 4.55. The number of nitrogens with zero attached hydrogens (tertiary/aromatic N) is 4. The Kier molecular flexibility index (Phi) is 6.92. The summed E-state index contributed by atoms with van der Waals surface area (Å²) in [5, 5.41) is 13.0. The van der Waals surface area contributed by atoms with Crippen molar-refractivity contribution >= 4 is 22.9 Å². The van der Waals surface area contributed by atoms with Gasteiger partial charge in [-0.25, -0.2) is 9.50 Å². The third kappa shape index (κ3) is 4.56. The molecule has 0 radical (unpaired) electrons. The number of carbonyl (C=O) groups excluding carboxylic acids is 1. The molecule has 166 valence electrons. The molecule has 7 nitrogen and oxygen atoms in total. The van der Waals surface area contributed by atoms with Gasteiger partial charge in [0.2, 0.25) is 0 Å². The zero-order valence-electron chi connectivity index (χ0n) is 18.6. The van der Waals surface area contributed by atoms with Crippen molar-refractivity contribution in [2.75, 3.05) is 6.54 Å². The average Bonchev–Trinajstić information content (AvgIpc) is 3.62. The Labute approximate surface area is 191 Å². The molecule has 32 heavy (non-hydrogen) atoms. The summed E-state index contributed by atoms with van der Waals surface area (Å²) >= 11 is 1.65. The highest BCUT2D eigenvalue weighted by atomic mass is 32.1. The van der Waals surface area contributed by atoms with Gasteiger partial charge in [0.25, 0.3) is 5.91 Å². The first kappa shape index (κ1) is 22.1. The zero-order valence-corrected chi connectivity index (χ0v) is 19.4.